The van der Waals surface area contributed by atoms with Crippen LogP contribution in [0.4, 0.5) is 4.39 Å². The zero-order valence-electron chi connectivity index (χ0n) is 9.42. The highest BCUT2D eigenvalue weighted by Gasteiger charge is 2.17. The lowest BCUT2D eigenvalue weighted by molar-refractivity contribution is 0.111. The molecule has 1 N–H and O–H groups in total. The SMILES string of the molecule is CC(C)=CC(C)(O)Cc1cccc(F)c1. The van der Waals surface area contributed by atoms with E-state index in [9.17, 15) is 9.50 Å². The fourth-order valence-electron chi connectivity index (χ4n) is 1.73. The van der Waals surface area contributed by atoms with Crippen molar-refractivity contribution in [3.8, 4) is 0 Å². The van der Waals surface area contributed by atoms with Crippen molar-refractivity contribution in [3.63, 3.8) is 0 Å². The smallest absolute Gasteiger partial charge is 0.123 e. The van der Waals surface area contributed by atoms with Gasteiger partial charge in [-0.05, 0) is 38.5 Å². The number of allylic oxidation sites excluding steroid dienone is 1. The molecule has 15 heavy (non-hydrogen) atoms. The molecule has 0 radical (unpaired) electrons. The van der Waals surface area contributed by atoms with E-state index in [0.29, 0.717) is 6.42 Å². The third kappa shape index (κ3) is 4.26. The van der Waals surface area contributed by atoms with Crippen molar-refractivity contribution in [1.29, 1.82) is 0 Å². The van der Waals surface area contributed by atoms with E-state index in [2.05, 4.69) is 0 Å². The first-order valence-corrected chi connectivity index (χ1v) is 5.02. The molecule has 1 nitrogen and oxygen atoms in total. The average Bonchev–Trinajstić information content (AvgIpc) is 1.99. The van der Waals surface area contributed by atoms with Gasteiger partial charge in [-0.15, -0.1) is 0 Å². The highest BCUT2D eigenvalue weighted by molar-refractivity contribution is 5.21. The van der Waals surface area contributed by atoms with Crippen LogP contribution in [0.15, 0.2) is 35.9 Å². The van der Waals surface area contributed by atoms with Crippen LogP contribution in [-0.2, 0) is 6.42 Å². The van der Waals surface area contributed by atoms with Crippen LogP contribution in [-0.4, -0.2) is 10.7 Å². The second-order valence-electron chi connectivity index (χ2n) is 4.39. The Hall–Kier alpha value is -1.15. The minimum atomic E-state index is -0.910. The number of rotatable bonds is 3. The Morgan fingerprint density at radius 2 is 2.13 bits per heavy atom. The van der Waals surface area contributed by atoms with Crippen molar-refractivity contribution in [2.45, 2.75) is 32.8 Å². The molecule has 0 fully saturated rings. The maximum Gasteiger partial charge on any atom is 0.123 e. The topological polar surface area (TPSA) is 20.2 Å². The molecule has 0 bridgehead atoms. The highest BCUT2D eigenvalue weighted by Crippen LogP contribution is 2.17. The van der Waals surface area contributed by atoms with E-state index in [4.69, 9.17) is 0 Å². The molecule has 0 spiro atoms. The molecule has 0 heterocycles. The number of benzene rings is 1. The number of aliphatic hydroxyl groups is 1. The lowest BCUT2D eigenvalue weighted by Crippen LogP contribution is -2.24. The van der Waals surface area contributed by atoms with Gasteiger partial charge >= 0.3 is 0 Å². The monoisotopic (exact) mass is 208 g/mol. The van der Waals surface area contributed by atoms with E-state index in [0.717, 1.165) is 11.1 Å². The quantitative estimate of drug-likeness (QED) is 0.757. The van der Waals surface area contributed by atoms with E-state index in [1.165, 1.54) is 12.1 Å². The third-order valence-electron chi connectivity index (χ3n) is 2.05. The minimum absolute atomic E-state index is 0.263. The van der Waals surface area contributed by atoms with E-state index in [1.54, 1.807) is 19.1 Å². The summed E-state index contributed by atoms with van der Waals surface area (Å²) in [5.41, 5.74) is 0.945. The van der Waals surface area contributed by atoms with Crippen molar-refractivity contribution in [2.75, 3.05) is 0 Å². The number of hydrogen-bond donors (Lipinski definition) is 1. The van der Waals surface area contributed by atoms with Crippen molar-refractivity contribution >= 4 is 0 Å². The fourth-order valence-corrected chi connectivity index (χ4v) is 1.73. The average molecular weight is 208 g/mol. The molecule has 0 aliphatic rings. The van der Waals surface area contributed by atoms with Crippen LogP contribution in [0.1, 0.15) is 26.3 Å². The molecule has 0 aromatic heterocycles. The van der Waals surface area contributed by atoms with Gasteiger partial charge in [-0.1, -0.05) is 23.8 Å². The van der Waals surface area contributed by atoms with Gasteiger partial charge in [0.15, 0.2) is 0 Å². The highest BCUT2D eigenvalue weighted by atomic mass is 19.1. The van der Waals surface area contributed by atoms with Crippen molar-refractivity contribution in [3.05, 3.63) is 47.3 Å². The van der Waals surface area contributed by atoms with Gasteiger partial charge in [-0.25, -0.2) is 4.39 Å². The molecule has 0 amide bonds. The van der Waals surface area contributed by atoms with Crippen molar-refractivity contribution in [2.24, 2.45) is 0 Å². The van der Waals surface area contributed by atoms with Crippen molar-refractivity contribution in [1.82, 2.24) is 0 Å². The summed E-state index contributed by atoms with van der Waals surface area (Å²) in [7, 11) is 0. The summed E-state index contributed by atoms with van der Waals surface area (Å²) in [4.78, 5) is 0. The first-order valence-electron chi connectivity index (χ1n) is 5.02. The molecule has 0 aliphatic heterocycles. The second kappa shape index (κ2) is 4.58. The molecule has 0 saturated carbocycles. The molecule has 1 rings (SSSR count). The molecule has 82 valence electrons. The predicted octanol–water partition coefficient (Wildman–Crippen LogP) is 3.09. The molecule has 1 aromatic carbocycles. The van der Waals surface area contributed by atoms with Crippen LogP contribution in [0.2, 0.25) is 0 Å². The van der Waals surface area contributed by atoms with Crippen LogP contribution in [0.3, 0.4) is 0 Å². The molecular formula is C13H17FO. The second-order valence-corrected chi connectivity index (χ2v) is 4.39. The molecule has 1 atom stereocenters. The van der Waals surface area contributed by atoms with Gasteiger partial charge in [0, 0.05) is 6.42 Å². The Balaban J connectivity index is 2.81. The third-order valence-corrected chi connectivity index (χ3v) is 2.05. The van der Waals surface area contributed by atoms with E-state index < -0.39 is 5.60 Å². The van der Waals surface area contributed by atoms with Gasteiger partial charge in [0.05, 0.1) is 5.60 Å². The van der Waals surface area contributed by atoms with Gasteiger partial charge in [-0.3, -0.25) is 0 Å². The van der Waals surface area contributed by atoms with Gasteiger partial charge in [-0.2, -0.15) is 0 Å². The fraction of sp³-hybridized carbons (Fsp3) is 0.385. The zero-order chi connectivity index (χ0) is 11.5. The minimum Gasteiger partial charge on any atom is -0.386 e. The molecule has 2 heteroatoms. The lowest BCUT2D eigenvalue weighted by Gasteiger charge is -2.19. The van der Waals surface area contributed by atoms with Crippen LogP contribution < -0.4 is 0 Å². The summed E-state index contributed by atoms with van der Waals surface area (Å²) in [6.45, 7) is 5.59. The van der Waals surface area contributed by atoms with Crippen LogP contribution in [0.5, 0.6) is 0 Å². The maximum atomic E-state index is 12.9. The molecule has 1 aromatic rings. The first-order chi connectivity index (χ1) is 6.89. The summed E-state index contributed by atoms with van der Waals surface area (Å²) in [5, 5.41) is 10.0. The Morgan fingerprint density at radius 3 is 2.67 bits per heavy atom. The van der Waals surface area contributed by atoms with Gasteiger partial charge in [0.1, 0.15) is 5.82 Å². The summed E-state index contributed by atoms with van der Waals surface area (Å²) >= 11 is 0. The molecule has 1 unspecified atom stereocenters. The summed E-state index contributed by atoms with van der Waals surface area (Å²) in [6, 6.07) is 6.33. The summed E-state index contributed by atoms with van der Waals surface area (Å²) in [6.07, 6.45) is 2.22. The largest absolute Gasteiger partial charge is 0.386 e. The van der Waals surface area contributed by atoms with E-state index >= 15 is 0 Å². The van der Waals surface area contributed by atoms with Crippen LogP contribution in [0, 0.1) is 5.82 Å². The van der Waals surface area contributed by atoms with Crippen molar-refractivity contribution < 1.29 is 9.50 Å². The predicted molar refractivity (Wildman–Crippen MR) is 60.2 cm³/mol. The summed E-state index contributed by atoms with van der Waals surface area (Å²) in [5.74, 6) is -0.263. The molecule has 0 saturated heterocycles. The summed E-state index contributed by atoms with van der Waals surface area (Å²) < 4.78 is 12.9. The molecular weight excluding hydrogens is 191 g/mol. The zero-order valence-corrected chi connectivity index (χ0v) is 9.42. The van der Waals surface area contributed by atoms with E-state index in [-0.39, 0.29) is 5.82 Å². The normalized spacial score (nSPS) is 14.5. The van der Waals surface area contributed by atoms with Crippen LogP contribution >= 0.6 is 0 Å². The Morgan fingerprint density at radius 1 is 1.47 bits per heavy atom. The van der Waals surface area contributed by atoms with Gasteiger partial charge < -0.3 is 5.11 Å². The number of hydrogen-bond acceptors (Lipinski definition) is 1. The van der Waals surface area contributed by atoms with Crippen LogP contribution in [0.25, 0.3) is 0 Å². The van der Waals surface area contributed by atoms with E-state index in [1.807, 2.05) is 19.9 Å². The standard InChI is InChI=1S/C13H17FO/c1-10(2)8-13(3,15)9-11-5-4-6-12(14)7-11/h4-8,15H,9H2,1-3H3. The molecule has 0 aliphatic carbocycles. The number of halogens is 1. The maximum absolute atomic E-state index is 12.9. The Labute approximate surface area is 90.3 Å². The first kappa shape index (κ1) is 11.9. The Kier molecular flexibility index (Phi) is 3.64. The Bertz CT molecular complexity index is 363. The van der Waals surface area contributed by atoms with Gasteiger partial charge in [0.25, 0.3) is 0 Å². The lowest BCUT2D eigenvalue weighted by atomic mass is 9.94. The van der Waals surface area contributed by atoms with Gasteiger partial charge in [0.2, 0.25) is 0 Å².